The molecular formula is C15H25ClFN3O3S. The number of hydrogen-bond acceptors (Lipinski definition) is 4. The van der Waals surface area contributed by atoms with Crippen molar-refractivity contribution in [3.8, 4) is 0 Å². The van der Waals surface area contributed by atoms with Gasteiger partial charge < -0.3 is 10.6 Å². The second-order valence-electron chi connectivity index (χ2n) is 5.19. The maximum Gasteiger partial charge on any atom is 0.242 e. The maximum atomic E-state index is 12.9. The molecule has 1 aromatic rings. The number of halogens is 2. The standard InChI is InChI=1S/C15H24FN3O3S.ClH/c1-17-10-4-11-18-15(20)5-3-12-19(2)23(21,22)14-8-6-13(16)7-9-14;/h6-9,17H,3-5,10-12H2,1-2H3,(H,18,20);1H. The molecule has 0 aliphatic rings. The Labute approximate surface area is 149 Å². The van der Waals surface area contributed by atoms with Crippen molar-refractivity contribution in [1.82, 2.24) is 14.9 Å². The van der Waals surface area contributed by atoms with E-state index in [1.165, 1.54) is 23.5 Å². The van der Waals surface area contributed by atoms with Crippen LogP contribution in [0.4, 0.5) is 4.39 Å². The molecule has 138 valence electrons. The summed E-state index contributed by atoms with van der Waals surface area (Å²) < 4.78 is 38.6. The van der Waals surface area contributed by atoms with Gasteiger partial charge in [-0.1, -0.05) is 0 Å². The van der Waals surface area contributed by atoms with Crippen LogP contribution in [0.1, 0.15) is 19.3 Å². The Morgan fingerprint density at radius 3 is 2.38 bits per heavy atom. The number of nitrogens with one attached hydrogen (secondary N) is 2. The van der Waals surface area contributed by atoms with Gasteiger partial charge >= 0.3 is 0 Å². The Kier molecular flexibility index (Phi) is 10.8. The summed E-state index contributed by atoms with van der Waals surface area (Å²) in [6, 6.07) is 4.68. The first-order valence-corrected chi connectivity index (χ1v) is 8.95. The molecule has 0 radical (unpaired) electrons. The number of sulfonamides is 1. The van der Waals surface area contributed by atoms with E-state index in [1.807, 2.05) is 7.05 Å². The molecular weight excluding hydrogens is 357 g/mol. The molecule has 1 amide bonds. The van der Waals surface area contributed by atoms with Gasteiger partial charge in [-0.05, 0) is 50.7 Å². The second kappa shape index (κ2) is 11.4. The third-order valence-electron chi connectivity index (χ3n) is 3.32. The van der Waals surface area contributed by atoms with Gasteiger partial charge in [0.2, 0.25) is 15.9 Å². The number of hydrogen-bond donors (Lipinski definition) is 2. The highest BCUT2D eigenvalue weighted by molar-refractivity contribution is 7.89. The molecule has 6 nitrogen and oxygen atoms in total. The lowest BCUT2D eigenvalue weighted by Gasteiger charge is -2.17. The molecule has 0 aliphatic carbocycles. The topological polar surface area (TPSA) is 78.5 Å². The minimum Gasteiger partial charge on any atom is -0.356 e. The van der Waals surface area contributed by atoms with Crippen LogP contribution < -0.4 is 10.6 Å². The zero-order chi connectivity index (χ0) is 17.3. The highest BCUT2D eigenvalue weighted by atomic mass is 35.5. The van der Waals surface area contributed by atoms with E-state index in [0.29, 0.717) is 13.0 Å². The first-order chi connectivity index (χ1) is 10.9. The fourth-order valence-electron chi connectivity index (χ4n) is 1.95. The van der Waals surface area contributed by atoms with Crippen molar-refractivity contribution in [2.75, 3.05) is 33.7 Å². The van der Waals surface area contributed by atoms with Gasteiger partial charge in [0.25, 0.3) is 0 Å². The van der Waals surface area contributed by atoms with Crippen molar-refractivity contribution in [1.29, 1.82) is 0 Å². The van der Waals surface area contributed by atoms with Gasteiger partial charge in [0.1, 0.15) is 5.82 Å². The van der Waals surface area contributed by atoms with E-state index < -0.39 is 15.8 Å². The molecule has 1 rings (SSSR count). The normalized spacial score (nSPS) is 11.2. The number of carbonyl (C=O) groups is 1. The van der Waals surface area contributed by atoms with Crippen LogP contribution in [-0.4, -0.2) is 52.4 Å². The predicted molar refractivity (Wildman–Crippen MR) is 94.3 cm³/mol. The Bertz CT molecular complexity index is 596. The van der Waals surface area contributed by atoms with E-state index in [9.17, 15) is 17.6 Å². The number of nitrogens with zero attached hydrogens (tertiary/aromatic N) is 1. The zero-order valence-corrected chi connectivity index (χ0v) is 15.6. The van der Waals surface area contributed by atoms with Crippen LogP contribution in [0.2, 0.25) is 0 Å². The Hall–Kier alpha value is -1.22. The maximum absolute atomic E-state index is 12.9. The molecule has 24 heavy (non-hydrogen) atoms. The smallest absolute Gasteiger partial charge is 0.242 e. The molecule has 0 saturated heterocycles. The molecule has 1 aromatic carbocycles. The molecule has 0 atom stereocenters. The van der Waals surface area contributed by atoms with E-state index in [0.717, 1.165) is 25.1 Å². The van der Waals surface area contributed by atoms with Crippen LogP contribution in [0, 0.1) is 5.82 Å². The van der Waals surface area contributed by atoms with Crippen molar-refractivity contribution < 1.29 is 17.6 Å². The molecule has 0 unspecified atom stereocenters. The molecule has 0 saturated carbocycles. The number of benzene rings is 1. The average Bonchev–Trinajstić information content (AvgIpc) is 2.52. The number of amides is 1. The molecule has 0 bridgehead atoms. The summed E-state index contributed by atoms with van der Waals surface area (Å²) in [4.78, 5) is 11.6. The molecule has 0 aliphatic heterocycles. The molecule has 0 spiro atoms. The van der Waals surface area contributed by atoms with E-state index in [2.05, 4.69) is 10.6 Å². The zero-order valence-electron chi connectivity index (χ0n) is 13.9. The average molecular weight is 382 g/mol. The summed E-state index contributed by atoms with van der Waals surface area (Å²) in [6.45, 7) is 1.66. The van der Waals surface area contributed by atoms with E-state index in [1.54, 1.807) is 0 Å². The second-order valence-corrected chi connectivity index (χ2v) is 7.24. The Morgan fingerprint density at radius 1 is 1.17 bits per heavy atom. The van der Waals surface area contributed by atoms with Gasteiger partial charge in [-0.3, -0.25) is 4.79 Å². The van der Waals surface area contributed by atoms with Crippen LogP contribution in [0.15, 0.2) is 29.2 Å². The van der Waals surface area contributed by atoms with Crippen molar-refractivity contribution >= 4 is 28.3 Å². The Morgan fingerprint density at radius 2 is 1.79 bits per heavy atom. The number of rotatable bonds is 10. The first kappa shape index (κ1) is 22.8. The SMILES string of the molecule is CNCCCNC(=O)CCCN(C)S(=O)(=O)c1ccc(F)cc1.Cl. The summed E-state index contributed by atoms with van der Waals surface area (Å²) in [5.74, 6) is -0.574. The van der Waals surface area contributed by atoms with Gasteiger partial charge in [0, 0.05) is 26.6 Å². The highest BCUT2D eigenvalue weighted by Gasteiger charge is 2.20. The Balaban J connectivity index is 0.00000529. The van der Waals surface area contributed by atoms with Gasteiger partial charge in [-0.2, -0.15) is 0 Å². The lowest BCUT2D eigenvalue weighted by molar-refractivity contribution is -0.121. The van der Waals surface area contributed by atoms with E-state index >= 15 is 0 Å². The van der Waals surface area contributed by atoms with Crippen LogP contribution in [-0.2, 0) is 14.8 Å². The lowest BCUT2D eigenvalue weighted by Crippen LogP contribution is -2.30. The largest absolute Gasteiger partial charge is 0.356 e. The highest BCUT2D eigenvalue weighted by Crippen LogP contribution is 2.15. The third-order valence-corrected chi connectivity index (χ3v) is 5.20. The molecule has 0 aromatic heterocycles. The monoisotopic (exact) mass is 381 g/mol. The minimum absolute atomic E-state index is 0. The van der Waals surface area contributed by atoms with E-state index in [-0.39, 0.29) is 36.2 Å². The van der Waals surface area contributed by atoms with Crippen LogP contribution in [0.3, 0.4) is 0 Å². The fraction of sp³-hybridized carbons (Fsp3) is 0.533. The summed E-state index contributed by atoms with van der Waals surface area (Å²) >= 11 is 0. The summed E-state index contributed by atoms with van der Waals surface area (Å²) in [6.07, 6.45) is 1.54. The van der Waals surface area contributed by atoms with Crippen molar-refractivity contribution in [2.24, 2.45) is 0 Å². The molecule has 2 N–H and O–H groups in total. The summed E-state index contributed by atoms with van der Waals surface area (Å²) in [7, 11) is -0.357. The van der Waals surface area contributed by atoms with Crippen LogP contribution >= 0.6 is 12.4 Å². The van der Waals surface area contributed by atoms with Crippen molar-refractivity contribution in [2.45, 2.75) is 24.2 Å². The van der Waals surface area contributed by atoms with Crippen molar-refractivity contribution in [3.05, 3.63) is 30.1 Å². The third kappa shape index (κ3) is 7.57. The van der Waals surface area contributed by atoms with Gasteiger partial charge in [0.15, 0.2) is 0 Å². The molecule has 9 heteroatoms. The fourth-order valence-corrected chi connectivity index (χ4v) is 3.16. The minimum atomic E-state index is -3.65. The van der Waals surface area contributed by atoms with Gasteiger partial charge in [-0.15, -0.1) is 12.4 Å². The van der Waals surface area contributed by atoms with E-state index in [4.69, 9.17) is 0 Å². The number of carbonyl (C=O) groups excluding carboxylic acids is 1. The van der Waals surface area contributed by atoms with Gasteiger partial charge in [0.05, 0.1) is 4.90 Å². The first-order valence-electron chi connectivity index (χ1n) is 7.51. The quantitative estimate of drug-likeness (QED) is 0.600. The molecule has 0 heterocycles. The lowest BCUT2D eigenvalue weighted by atomic mass is 10.3. The van der Waals surface area contributed by atoms with Crippen LogP contribution in [0.25, 0.3) is 0 Å². The summed E-state index contributed by atoms with van der Waals surface area (Å²) in [5.41, 5.74) is 0. The predicted octanol–water partition coefficient (Wildman–Crippen LogP) is 1.37. The summed E-state index contributed by atoms with van der Waals surface area (Å²) in [5, 5.41) is 5.77. The van der Waals surface area contributed by atoms with Crippen LogP contribution in [0.5, 0.6) is 0 Å². The van der Waals surface area contributed by atoms with Gasteiger partial charge in [-0.25, -0.2) is 17.1 Å². The van der Waals surface area contributed by atoms with Crippen molar-refractivity contribution in [3.63, 3.8) is 0 Å². The molecule has 0 fully saturated rings.